The molecule has 0 heterocycles. The quantitative estimate of drug-likeness (QED) is 0.896. The average molecular weight is 274 g/mol. The van der Waals surface area contributed by atoms with Crippen molar-refractivity contribution in [3.05, 3.63) is 34.9 Å². The van der Waals surface area contributed by atoms with E-state index in [2.05, 4.69) is 5.32 Å². The summed E-state index contributed by atoms with van der Waals surface area (Å²) < 4.78 is 0. The molecule has 4 heteroatoms. The number of carbonyl (C=O) groups excluding carboxylic acids is 1. The Hall–Kier alpha value is -0.570. The van der Waals surface area contributed by atoms with Crippen molar-refractivity contribution in [1.29, 1.82) is 0 Å². The Morgan fingerprint density at radius 3 is 2.71 bits per heavy atom. The zero-order valence-corrected chi connectivity index (χ0v) is 11.4. The lowest BCUT2D eigenvalue weighted by atomic mass is 9.75. The van der Waals surface area contributed by atoms with E-state index in [9.17, 15) is 4.79 Å². The van der Waals surface area contributed by atoms with Gasteiger partial charge in [-0.2, -0.15) is 0 Å². The molecule has 0 spiro atoms. The Morgan fingerprint density at radius 1 is 1.35 bits per heavy atom. The fourth-order valence-corrected chi connectivity index (χ4v) is 2.69. The third-order valence-electron chi connectivity index (χ3n) is 3.43. The van der Waals surface area contributed by atoms with Crippen LogP contribution in [0.1, 0.15) is 31.2 Å². The molecule has 2 rings (SSSR count). The van der Waals surface area contributed by atoms with Crippen LogP contribution in [0.15, 0.2) is 24.3 Å². The summed E-state index contributed by atoms with van der Waals surface area (Å²) in [6.45, 7) is 0. The Labute approximate surface area is 113 Å². The van der Waals surface area contributed by atoms with E-state index in [-0.39, 0.29) is 18.2 Å². The number of Topliss-reactive ketones (excluding diaryl/α,β-unsaturated/α-hetero) is 1. The summed E-state index contributed by atoms with van der Waals surface area (Å²) in [6, 6.07) is 7.60. The summed E-state index contributed by atoms with van der Waals surface area (Å²) in [7, 11) is 1.85. The minimum atomic E-state index is -0.511. The first-order valence-electron chi connectivity index (χ1n) is 5.67. The molecule has 94 valence electrons. The van der Waals surface area contributed by atoms with Gasteiger partial charge in [0.1, 0.15) is 5.54 Å². The Balaban J connectivity index is 0.00000144. The SMILES string of the molecule is CNC1(c2cccc(Cl)c2)CCCCC1=O.Cl. The van der Waals surface area contributed by atoms with Gasteiger partial charge in [-0.25, -0.2) is 0 Å². The van der Waals surface area contributed by atoms with Crippen LogP contribution in [0.25, 0.3) is 0 Å². The van der Waals surface area contributed by atoms with E-state index >= 15 is 0 Å². The molecule has 0 amide bonds. The van der Waals surface area contributed by atoms with E-state index in [4.69, 9.17) is 11.6 Å². The summed E-state index contributed by atoms with van der Waals surface area (Å²) in [5.74, 6) is 0.281. The molecule has 1 N–H and O–H groups in total. The van der Waals surface area contributed by atoms with Crippen molar-refractivity contribution in [2.45, 2.75) is 31.2 Å². The minimum absolute atomic E-state index is 0. The van der Waals surface area contributed by atoms with Gasteiger partial charge in [0.05, 0.1) is 0 Å². The van der Waals surface area contributed by atoms with E-state index in [0.717, 1.165) is 24.8 Å². The highest BCUT2D eigenvalue weighted by molar-refractivity contribution is 6.30. The highest BCUT2D eigenvalue weighted by Crippen LogP contribution is 2.34. The molecule has 0 aliphatic heterocycles. The zero-order valence-electron chi connectivity index (χ0n) is 9.83. The molecule has 1 atom stereocenters. The van der Waals surface area contributed by atoms with Crippen LogP contribution in [0, 0.1) is 0 Å². The molecular formula is C13H17Cl2NO. The molecule has 0 radical (unpaired) electrons. The second-order valence-corrected chi connectivity index (χ2v) is 4.73. The number of nitrogens with one attached hydrogen (secondary N) is 1. The van der Waals surface area contributed by atoms with Gasteiger partial charge in [-0.1, -0.05) is 30.2 Å². The van der Waals surface area contributed by atoms with Crippen molar-refractivity contribution in [3.8, 4) is 0 Å². The standard InChI is InChI=1S/C13H16ClNO.ClH/c1-15-13(8-3-2-7-12(13)16)10-5-4-6-11(14)9-10;/h4-6,9,15H,2-3,7-8H2,1H3;1H. The van der Waals surface area contributed by atoms with Crippen LogP contribution >= 0.6 is 24.0 Å². The van der Waals surface area contributed by atoms with Gasteiger partial charge in [0.15, 0.2) is 5.78 Å². The van der Waals surface area contributed by atoms with E-state index in [1.54, 1.807) is 0 Å². The fraction of sp³-hybridized carbons (Fsp3) is 0.462. The average Bonchev–Trinajstić information content (AvgIpc) is 2.30. The Kier molecular flexibility index (Phi) is 4.99. The van der Waals surface area contributed by atoms with Gasteiger partial charge in [-0.3, -0.25) is 4.79 Å². The van der Waals surface area contributed by atoms with Crippen LogP contribution in [0.2, 0.25) is 5.02 Å². The number of carbonyl (C=O) groups is 1. The van der Waals surface area contributed by atoms with Gasteiger partial charge in [0.2, 0.25) is 0 Å². The third-order valence-corrected chi connectivity index (χ3v) is 3.66. The smallest absolute Gasteiger partial charge is 0.157 e. The molecule has 1 aliphatic carbocycles. The molecule has 17 heavy (non-hydrogen) atoms. The first-order chi connectivity index (χ1) is 7.69. The molecule has 1 aromatic rings. The topological polar surface area (TPSA) is 29.1 Å². The maximum absolute atomic E-state index is 12.2. The summed E-state index contributed by atoms with van der Waals surface area (Å²) in [6.07, 6.45) is 3.61. The fourth-order valence-electron chi connectivity index (χ4n) is 2.50. The van der Waals surface area contributed by atoms with Crippen molar-refractivity contribution in [3.63, 3.8) is 0 Å². The number of halogens is 2. The summed E-state index contributed by atoms with van der Waals surface area (Å²) in [5.41, 5.74) is 0.482. The van der Waals surface area contributed by atoms with Crippen molar-refractivity contribution >= 4 is 29.8 Å². The van der Waals surface area contributed by atoms with Crippen LogP contribution in [0.4, 0.5) is 0 Å². The maximum atomic E-state index is 12.2. The number of hydrogen-bond donors (Lipinski definition) is 1. The molecule has 1 saturated carbocycles. The lowest BCUT2D eigenvalue weighted by molar-refractivity contribution is -0.127. The van der Waals surface area contributed by atoms with Gasteiger partial charge >= 0.3 is 0 Å². The molecule has 1 unspecified atom stereocenters. The second kappa shape index (κ2) is 5.85. The third kappa shape index (κ3) is 2.65. The van der Waals surface area contributed by atoms with Crippen LogP contribution in [0.3, 0.4) is 0 Å². The molecular weight excluding hydrogens is 257 g/mol. The van der Waals surface area contributed by atoms with E-state index in [1.165, 1.54) is 0 Å². The predicted molar refractivity (Wildman–Crippen MR) is 72.9 cm³/mol. The maximum Gasteiger partial charge on any atom is 0.157 e. The monoisotopic (exact) mass is 273 g/mol. The number of hydrogen-bond acceptors (Lipinski definition) is 2. The highest BCUT2D eigenvalue weighted by Gasteiger charge is 2.39. The predicted octanol–water partition coefficient (Wildman–Crippen LogP) is 3.32. The van der Waals surface area contributed by atoms with E-state index in [1.807, 2.05) is 31.3 Å². The lowest BCUT2D eigenvalue weighted by Gasteiger charge is -2.36. The molecule has 0 saturated heterocycles. The number of ketones is 1. The van der Waals surface area contributed by atoms with Gasteiger partial charge in [0.25, 0.3) is 0 Å². The normalized spacial score (nSPS) is 24.2. The first kappa shape index (κ1) is 14.5. The molecule has 2 nitrogen and oxygen atoms in total. The Morgan fingerprint density at radius 2 is 2.12 bits per heavy atom. The van der Waals surface area contributed by atoms with Gasteiger partial charge in [-0.15, -0.1) is 12.4 Å². The number of rotatable bonds is 2. The summed E-state index contributed by atoms with van der Waals surface area (Å²) in [5, 5.41) is 3.89. The molecule has 1 fully saturated rings. The van der Waals surface area contributed by atoms with Crippen LogP contribution in [-0.4, -0.2) is 12.8 Å². The zero-order chi connectivity index (χ0) is 11.6. The van der Waals surface area contributed by atoms with Crippen LogP contribution in [0.5, 0.6) is 0 Å². The second-order valence-electron chi connectivity index (χ2n) is 4.30. The minimum Gasteiger partial charge on any atom is -0.304 e. The molecule has 0 bridgehead atoms. The van der Waals surface area contributed by atoms with Crippen molar-refractivity contribution in [2.75, 3.05) is 7.05 Å². The van der Waals surface area contributed by atoms with E-state index < -0.39 is 5.54 Å². The van der Waals surface area contributed by atoms with E-state index in [0.29, 0.717) is 11.4 Å². The van der Waals surface area contributed by atoms with Crippen LogP contribution < -0.4 is 5.32 Å². The highest BCUT2D eigenvalue weighted by atomic mass is 35.5. The molecule has 1 aromatic carbocycles. The van der Waals surface area contributed by atoms with Gasteiger partial charge in [-0.05, 0) is 37.6 Å². The summed E-state index contributed by atoms with van der Waals surface area (Å²) >= 11 is 5.99. The first-order valence-corrected chi connectivity index (χ1v) is 6.05. The van der Waals surface area contributed by atoms with Gasteiger partial charge < -0.3 is 5.32 Å². The number of benzene rings is 1. The van der Waals surface area contributed by atoms with Crippen molar-refractivity contribution in [1.82, 2.24) is 5.32 Å². The van der Waals surface area contributed by atoms with Crippen molar-refractivity contribution < 1.29 is 4.79 Å². The van der Waals surface area contributed by atoms with Crippen LogP contribution in [-0.2, 0) is 10.3 Å². The number of likely N-dealkylation sites (N-methyl/N-ethyl adjacent to an activating group) is 1. The molecule has 1 aliphatic rings. The summed E-state index contributed by atoms with van der Waals surface area (Å²) in [4.78, 5) is 12.2. The lowest BCUT2D eigenvalue weighted by Crippen LogP contribution is -2.49. The van der Waals surface area contributed by atoms with Crippen molar-refractivity contribution in [2.24, 2.45) is 0 Å². The molecule has 0 aromatic heterocycles. The van der Waals surface area contributed by atoms with Gasteiger partial charge in [0, 0.05) is 11.4 Å². The largest absolute Gasteiger partial charge is 0.304 e. The Bertz CT molecular complexity index is 408.